The lowest BCUT2D eigenvalue weighted by atomic mass is 10.0. The topological polar surface area (TPSA) is 111 Å². The molecule has 0 bridgehead atoms. The number of pyridine rings is 1. The fraction of sp³-hybridized carbons (Fsp3) is 0.241. The first kappa shape index (κ1) is 30.1. The normalized spacial score (nSPS) is 15.0. The molecule has 1 fully saturated rings. The SMILES string of the molecule is CNCc1cc2cc(-c3ccc(S(=O)N4CCOCC4)cc3)cc(C(F)(F)F)c2o1.Nc1ccc(/C=C/C=O)cn1. The minimum absolute atomic E-state index is 0.165. The Morgan fingerprint density at radius 1 is 1.07 bits per heavy atom. The summed E-state index contributed by atoms with van der Waals surface area (Å²) in [5.74, 6) is 0.916. The van der Waals surface area contributed by atoms with Crippen LogP contribution in [-0.2, 0) is 33.2 Å². The van der Waals surface area contributed by atoms with Gasteiger partial charge in [0.1, 0.15) is 34.4 Å². The van der Waals surface area contributed by atoms with Crippen molar-refractivity contribution < 1.29 is 31.3 Å². The van der Waals surface area contributed by atoms with E-state index in [1.807, 2.05) is 4.31 Å². The number of halogens is 3. The van der Waals surface area contributed by atoms with E-state index in [-0.39, 0.29) is 5.58 Å². The molecule has 216 valence electrons. The Labute approximate surface area is 237 Å². The second-order valence-corrected chi connectivity index (χ2v) is 10.5. The number of aromatic nitrogens is 1. The number of rotatable bonds is 7. The van der Waals surface area contributed by atoms with E-state index < -0.39 is 22.7 Å². The van der Waals surface area contributed by atoms with Crippen LogP contribution in [0.5, 0.6) is 0 Å². The van der Waals surface area contributed by atoms with Gasteiger partial charge >= 0.3 is 6.18 Å². The van der Waals surface area contributed by atoms with Crippen LogP contribution >= 0.6 is 0 Å². The van der Waals surface area contributed by atoms with Gasteiger partial charge in [-0.2, -0.15) is 13.2 Å². The number of fused-ring (bicyclic) bond motifs is 1. The van der Waals surface area contributed by atoms with Crippen LogP contribution in [0.3, 0.4) is 0 Å². The summed E-state index contributed by atoms with van der Waals surface area (Å²) in [6.07, 6.45) is 0.860. The van der Waals surface area contributed by atoms with Crippen molar-refractivity contribution in [1.82, 2.24) is 14.6 Å². The summed E-state index contributed by atoms with van der Waals surface area (Å²) in [6, 6.07) is 14.7. The van der Waals surface area contributed by atoms with Gasteiger partial charge in [0.2, 0.25) is 0 Å². The number of nitrogens with zero attached hydrogens (tertiary/aromatic N) is 2. The van der Waals surface area contributed by atoms with Crippen molar-refractivity contribution >= 4 is 40.1 Å². The molecule has 4 aromatic rings. The molecule has 0 radical (unpaired) electrons. The number of anilines is 1. The van der Waals surface area contributed by atoms with E-state index in [1.54, 1.807) is 67.9 Å². The van der Waals surface area contributed by atoms with Crippen molar-refractivity contribution in [2.45, 2.75) is 17.6 Å². The fourth-order valence-electron chi connectivity index (χ4n) is 4.14. The Kier molecular flexibility index (Phi) is 10.1. The van der Waals surface area contributed by atoms with Crippen molar-refractivity contribution in [2.24, 2.45) is 0 Å². The summed E-state index contributed by atoms with van der Waals surface area (Å²) < 4.78 is 66.2. The molecule has 0 spiro atoms. The van der Waals surface area contributed by atoms with Crippen LogP contribution in [0.15, 0.2) is 76.2 Å². The minimum Gasteiger partial charge on any atom is -0.459 e. The number of benzene rings is 2. The summed E-state index contributed by atoms with van der Waals surface area (Å²) in [4.78, 5) is 14.4. The Morgan fingerprint density at radius 2 is 1.80 bits per heavy atom. The number of furan rings is 1. The number of hydrogen-bond acceptors (Lipinski definition) is 7. The zero-order valence-corrected chi connectivity index (χ0v) is 23.0. The largest absolute Gasteiger partial charge is 0.459 e. The number of ether oxygens (including phenoxy) is 1. The lowest BCUT2D eigenvalue weighted by Crippen LogP contribution is -2.37. The van der Waals surface area contributed by atoms with Crippen molar-refractivity contribution in [3.63, 3.8) is 0 Å². The predicted molar refractivity (Wildman–Crippen MR) is 152 cm³/mol. The lowest BCUT2D eigenvalue weighted by molar-refractivity contribution is -0.136. The summed E-state index contributed by atoms with van der Waals surface area (Å²) in [7, 11) is 0.377. The molecule has 0 saturated carbocycles. The molecule has 12 heteroatoms. The maximum atomic E-state index is 13.7. The van der Waals surface area contributed by atoms with Gasteiger partial charge in [0.05, 0.1) is 30.2 Å². The molecular weight excluding hydrogens is 557 g/mol. The quantitative estimate of drug-likeness (QED) is 0.230. The number of morpholine rings is 1. The number of hydrogen-bond donors (Lipinski definition) is 2. The summed E-state index contributed by atoms with van der Waals surface area (Å²) in [6.45, 7) is 2.56. The Bertz CT molecular complexity index is 1510. The molecule has 1 unspecified atom stereocenters. The first-order valence-corrected chi connectivity index (χ1v) is 13.8. The number of nitrogens with one attached hydrogen (secondary N) is 1. The van der Waals surface area contributed by atoms with Gasteiger partial charge in [-0.25, -0.2) is 13.5 Å². The Balaban J connectivity index is 0.000000296. The standard InChI is InChI=1S/C21H21F3N2O3S.C8H8N2O/c1-25-13-17-11-16-10-15(12-19(20(16)29-17)21(22,23)24)14-2-4-18(5-3-14)30(27)26-6-8-28-9-7-26;9-8-4-3-7(6-10-8)2-1-5-11/h2-5,10-12,25H,6-9,13H2,1H3;1-6H,(H2,9,10)/b;2-1+. The van der Waals surface area contributed by atoms with Crippen LogP contribution in [0.4, 0.5) is 19.0 Å². The summed E-state index contributed by atoms with van der Waals surface area (Å²) in [5, 5.41) is 3.27. The molecule has 3 N–H and O–H groups in total. The van der Waals surface area contributed by atoms with Gasteiger partial charge in [-0.3, -0.25) is 4.79 Å². The number of carbonyl (C=O) groups excluding carboxylic acids is 1. The van der Waals surface area contributed by atoms with E-state index >= 15 is 0 Å². The van der Waals surface area contributed by atoms with Crippen LogP contribution in [0.1, 0.15) is 16.9 Å². The number of allylic oxidation sites excluding steroid dienone is 1. The van der Waals surface area contributed by atoms with Gasteiger partial charge in [-0.1, -0.05) is 18.2 Å². The first-order valence-electron chi connectivity index (χ1n) is 12.7. The molecule has 2 aromatic carbocycles. The Hall–Kier alpha value is -3.84. The zero-order valence-electron chi connectivity index (χ0n) is 22.2. The highest BCUT2D eigenvalue weighted by atomic mass is 32.2. The van der Waals surface area contributed by atoms with Crippen molar-refractivity contribution in [3.05, 3.63) is 83.8 Å². The number of alkyl halides is 3. The van der Waals surface area contributed by atoms with Crippen molar-refractivity contribution in [2.75, 3.05) is 39.1 Å². The van der Waals surface area contributed by atoms with Gasteiger partial charge in [0, 0.05) is 24.7 Å². The molecule has 1 aliphatic heterocycles. The van der Waals surface area contributed by atoms with Crippen LogP contribution in [0.2, 0.25) is 0 Å². The second kappa shape index (κ2) is 13.7. The van der Waals surface area contributed by atoms with Crippen LogP contribution < -0.4 is 11.1 Å². The van der Waals surface area contributed by atoms with Crippen LogP contribution in [0.25, 0.3) is 28.2 Å². The van der Waals surface area contributed by atoms with Crippen LogP contribution in [-0.4, -0.2) is 53.1 Å². The lowest BCUT2D eigenvalue weighted by Gasteiger charge is -2.25. The maximum absolute atomic E-state index is 13.7. The third kappa shape index (κ3) is 7.88. The molecule has 1 atom stereocenters. The number of nitrogens with two attached hydrogens (primary N) is 1. The van der Waals surface area contributed by atoms with Gasteiger partial charge in [0.25, 0.3) is 0 Å². The number of aldehydes is 1. The minimum atomic E-state index is -4.54. The molecule has 2 aromatic heterocycles. The molecule has 1 saturated heterocycles. The number of carbonyl (C=O) groups is 1. The molecule has 5 rings (SSSR count). The van der Waals surface area contributed by atoms with E-state index in [1.165, 1.54) is 6.08 Å². The molecule has 0 aliphatic carbocycles. The van der Waals surface area contributed by atoms with Crippen molar-refractivity contribution in [1.29, 1.82) is 0 Å². The molecule has 8 nitrogen and oxygen atoms in total. The second-order valence-electron chi connectivity index (χ2n) is 9.01. The van der Waals surface area contributed by atoms with Gasteiger partial charge in [-0.05, 0) is 72.3 Å². The zero-order chi connectivity index (χ0) is 29.4. The van der Waals surface area contributed by atoms with Crippen LogP contribution in [0, 0.1) is 0 Å². The highest BCUT2D eigenvalue weighted by Crippen LogP contribution is 2.39. The monoisotopic (exact) mass is 586 g/mol. The third-order valence-corrected chi connectivity index (χ3v) is 7.60. The summed E-state index contributed by atoms with van der Waals surface area (Å²) in [5.41, 5.74) is 6.28. The maximum Gasteiger partial charge on any atom is 0.420 e. The van der Waals surface area contributed by atoms with Gasteiger partial charge in [-0.15, -0.1) is 0 Å². The average molecular weight is 587 g/mol. The predicted octanol–water partition coefficient (Wildman–Crippen LogP) is 5.07. The van der Waals surface area contributed by atoms with E-state index in [0.29, 0.717) is 65.8 Å². The van der Waals surface area contributed by atoms with Gasteiger partial charge in [0.15, 0.2) is 0 Å². The van der Waals surface area contributed by atoms with Gasteiger partial charge < -0.3 is 20.2 Å². The van der Waals surface area contributed by atoms with Crippen molar-refractivity contribution in [3.8, 4) is 11.1 Å². The Morgan fingerprint density at radius 3 is 2.41 bits per heavy atom. The van der Waals surface area contributed by atoms with E-state index in [0.717, 1.165) is 17.9 Å². The highest BCUT2D eigenvalue weighted by molar-refractivity contribution is 7.82. The van der Waals surface area contributed by atoms with E-state index in [4.69, 9.17) is 14.9 Å². The molecule has 0 amide bonds. The third-order valence-electron chi connectivity index (χ3n) is 6.09. The smallest absolute Gasteiger partial charge is 0.420 e. The average Bonchev–Trinajstić information content (AvgIpc) is 3.39. The van der Waals surface area contributed by atoms with E-state index in [9.17, 15) is 22.2 Å². The highest BCUT2D eigenvalue weighted by Gasteiger charge is 2.35. The first-order chi connectivity index (χ1) is 19.7. The summed E-state index contributed by atoms with van der Waals surface area (Å²) >= 11 is 0. The molecule has 3 heterocycles. The van der Waals surface area contributed by atoms with E-state index in [2.05, 4.69) is 10.3 Å². The fourth-order valence-corrected chi connectivity index (χ4v) is 5.28. The molecule has 41 heavy (non-hydrogen) atoms. The number of nitrogen functional groups attached to an aromatic ring is 1. The molecular formula is C29H29F3N4O4S. The molecule has 1 aliphatic rings.